The Balaban J connectivity index is 1.46. The van der Waals surface area contributed by atoms with Crippen LogP contribution < -0.4 is 16.0 Å². The van der Waals surface area contributed by atoms with Gasteiger partial charge in [-0.1, -0.05) is 54.6 Å². The Morgan fingerprint density at radius 1 is 0.971 bits per heavy atom. The molecule has 0 saturated carbocycles. The van der Waals surface area contributed by atoms with Crippen LogP contribution in [0, 0.1) is 10.1 Å². The second kappa shape index (κ2) is 11.3. The molecule has 0 saturated heterocycles. The lowest BCUT2D eigenvalue weighted by molar-refractivity contribution is -0.384. The second-order valence-corrected chi connectivity index (χ2v) is 7.65. The zero-order valence-electron chi connectivity index (χ0n) is 18.7. The maximum absolute atomic E-state index is 12.7. The number of nitrogens with one attached hydrogen (secondary N) is 4. The van der Waals surface area contributed by atoms with Gasteiger partial charge in [0.1, 0.15) is 5.82 Å². The van der Waals surface area contributed by atoms with Crippen LogP contribution >= 0.6 is 0 Å². The average molecular weight is 469 g/mol. The predicted octanol–water partition coefficient (Wildman–Crippen LogP) is 5.86. The number of amides is 2. The zero-order chi connectivity index (χ0) is 24.5. The van der Waals surface area contributed by atoms with E-state index >= 15 is 0 Å². The summed E-state index contributed by atoms with van der Waals surface area (Å²) in [5.74, 6) is 0.604. The third-order valence-electron chi connectivity index (χ3n) is 5.17. The number of rotatable bonds is 9. The first kappa shape index (κ1) is 23.2. The number of non-ortho nitro benzene ring substituents is 1. The van der Waals surface area contributed by atoms with Gasteiger partial charge in [-0.25, -0.2) is 9.78 Å². The molecule has 176 valence electrons. The van der Waals surface area contributed by atoms with Gasteiger partial charge in [0.15, 0.2) is 0 Å². The monoisotopic (exact) mass is 468 g/mol. The number of nitrogens with zero attached hydrogens (tertiary/aromatic N) is 2. The van der Waals surface area contributed by atoms with Gasteiger partial charge in [-0.15, -0.1) is 0 Å². The van der Waals surface area contributed by atoms with Crippen LogP contribution in [0.5, 0.6) is 0 Å². The highest BCUT2D eigenvalue weighted by atomic mass is 16.6. The van der Waals surface area contributed by atoms with E-state index in [1.165, 1.54) is 24.3 Å². The minimum atomic E-state index is -0.489. The summed E-state index contributed by atoms with van der Waals surface area (Å²) < 4.78 is 0. The number of anilines is 2. The summed E-state index contributed by atoms with van der Waals surface area (Å²) in [7, 11) is 0. The van der Waals surface area contributed by atoms with E-state index in [9.17, 15) is 14.9 Å². The molecule has 1 atom stereocenters. The smallest absolute Gasteiger partial charge is 0.319 e. The number of benzene rings is 3. The van der Waals surface area contributed by atoms with Crippen LogP contribution in [-0.2, 0) is 0 Å². The van der Waals surface area contributed by atoms with Crippen molar-refractivity contribution in [1.29, 1.82) is 0 Å². The molecule has 3 aromatic carbocycles. The van der Waals surface area contributed by atoms with E-state index in [1.807, 2.05) is 72.9 Å². The van der Waals surface area contributed by atoms with Crippen molar-refractivity contribution in [2.24, 2.45) is 0 Å². The molecule has 9 nitrogen and oxygen atoms in total. The van der Waals surface area contributed by atoms with E-state index in [-0.39, 0.29) is 5.69 Å². The van der Waals surface area contributed by atoms with Crippen molar-refractivity contribution in [2.45, 2.75) is 12.5 Å². The SMILES string of the molecule is O=C(Nc1ccc([N+](=O)[O-])cc1)N[C@H](C/C=C/Nc1ccccc1)c1ncc(-c2ccccc2)[nH]1. The molecule has 1 heterocycles. The highest BCUT2D eigenvalue weighted by Crippen LogP contribution is 2.22. The van der Waals surface area contributed by atoms with Crippen molar-refractivity contribution >= 4 is 23.1 Å². The van der Waals surface area contributed by atoms with Crippen molar-refractivity contribution in [1.82, 2.24) is 15.3 Å². The predicted molar refractivity (Wildman–Crippen MR) is 136 cm³/mol. The summed E-state index contributed by atoms with van der Waals surface area (Å²) in [4.78, 5) is 30.8. The van der Waals surface area contributed by atoms with Crippen molar-refractivity contribution in [3.8, 4) is 11.3 Å². The van der Waals surface area contributed by atoms with Crippen LogP contribution in [0.4, 0.5) is 21.9 Å². The van der Waals surface area contributed by atoms with Crippen LogP contribution in [0.25, 0.3) is 11.3 Å². The molecule has 0 aliphatic rings. The fraction of sp³-hybridized carbons (Fsp3) is 0.0769. The first-order chi connectivity index (χ1) is 17.1. The normalized spacial score (nSPS) is 11.7. The molecule has 4 rings (SSSR count). The van der Waals surface area contributed by atoms with Crippen LogP contribution in [0.1, 0.15) is 18.3 Å². The van der Waals surface area contributed by atoms with Gasteiger partial charge in [0, 0.05) is 23.5 Å². The number of aromatic nitrogens is 2. The summed E-state index contributed by atoms with van der Waals surface area (Å²) in [6.45, 7) is 0. The second-order valence-electron chi connectivity index (χ2n) is 7.65. The lowest BCUT2D eigenvalue weighted by Crippen LogP contribution is -2.33. The molecule has 4 N–H and O–H groups in total. The minimum Gasteiger partial charge on any atom is -0.362 e. The molecule has 4 aromatic rings. The molecule has 0 bridgehead atoms. The van der Waals surface area contributed by atoms with Gasteiger partial charge < -0.3 is 20.9 Å². The Bertz CT molecular complexity index is 1290. The van der Waals surface area contributed by atoms with E-state index in [1.54, 1.807) is 6.20 Å². The van der Waals surface area contributed by atoms with Gasteiger partial charge in [0.05, 0.1) is 22.9 Å². The van der Waals surface area contributed by atoms with Gasteiger partial charge in [-0.3, -0.25) is 10.1 Å². The number of carbonyl (C=O) groups is 1. The van der Waals surface area contributed by atoms with Crippen LogP contribution in [0.15, 0.2) is 103 Å². The summed E-state index contributed by atoms with van der Waals surface area (Å²) in [5, 5.41) is 19.7. The molecule has 0 radical (unpaired) electrons. The first-order valence-electron chi connectivity index (χ1n) is 11.0. The lowest BCUT2D eigenvalue weighted by Gasteiger charge is -2.16. The van der Waals surface area contributed by atoms with Crippen LogP contribution in [0.2, 0.25) is 0 Å². The molecule has 0 unspecified atom stereocenters. The van der Waals surface area contributed by atoms with Crippen molar-refractivity contribution in [3.05, 3.63) is 119 Å². The largest absolute Gasteiger partial charge is 0.362 e. The molecule has 0 fully saturated rings. The standard InChI is InChI=1S/C26H24N6O3/c33-26(29-21-13-15-22(16-14-21)32(34)35)31-23(12-7-17-27-20-10-5-2-6-11-20)25-28-18-24(30-25)19-8-3-1-4-9-19/h1-11,13-18,23,27H,12H2,(H,28,30)(H2,29,31,33)/b17-7+/t23-/m1/s1. The number of imidazole rings is 1. The molecule has 2 amide bonds. The Morgan fingerprint density at radius 3 is 2.34 bits per heavy atom. The van der Waals surface area contributed by atoms with Gasteiger partial charge in [0.2, 0.25) is 0 Å². The van der Waals surface area contributed by atoms with E-state index in [0.717, 1.165) is 16.9 Å². The summed E-state index contributed by atoms with van der Waals surface area (Å²) >= 11 is 0. The van der Waals surface area contributed by atoms with Crippen molar-refractivity contribution < 1.29 is 9.72 Å². The van der Waals surface area contributed by atoms with Gasteiger partial charge >= 0.3 is 6.03 Å². The Labute approximate surface area is 202 Å². The van der Waals surface area contributed by atoms with Crippen molar-refractivity contribution in [2.75, 3.05) is 10.6 Å². The van der Waals surface area contributed by atoms with Gasteiger partial charge in [-0.05, 0) is 42.4 Å². The maximum atomic E-state index is 12.7. The fourth-order valence-electron chi connectivity index (χ4n) is 3.40. The van der Waals surface area contributed by atoms with Crippen LogP contribution in [0.3, 0.4) is 0 Å². The number of hydrogen-bond donors (Lipinski definition) is 4. The number of hydrogen-bond acceptors (Lipinski definition) is 5. The Kier molecular flexibility index (Phi) is 7.49. The molecule has 0 spiro atoms. The van der Waals surface area contributed by atoms with E-state index in [0.29, 0.717) is 17.9 Å². The lowest BCUT2D eigenvalue weighted by atomic mass is 10.1. The number of urea groups is 1. The average Bonchev–Trinajstić information content (AvgIpc) is 3.38. The van der Waals surface area contributed by atoms with E-state index in [2.05, 4.69) is 25.9 Å². The Hall–Kier alpha value is -4.92. The molecule has 1 aromatic heterocycles. The molecule has 0 aliphatic carbocycles. The third kappa shape index (κ3) is 6.55. The van der Waals surface area contributed by atoms with Gasteiger partial charge in [-0.2, -0.15) is 0 Å². The summed E-state index contributed by atoms with van der Waals surface area (Å²) in [5.41, 5.74) is 3.18. The zero-order valence-corrected chi connectivity index (χ0v) is 18.7. The number of nitro benzene ring substituents is 1. The maximum Gasteiger partial charge on any atom is 0.319 e. The highest BCUT2D eigenvalue weighted by Gasteiger charge is 2.18. The minimum absolute atomic E-state index is 0.0473. The topological polar surface area (TPSA) is 125 Å². The molecular weight excluding hydrogens is 444 g/mol. The van der Waals surface area contributed by atoms with Crippen LogP contribution in [-0.4, -0.2) is 20.9 Å². The summed E-state index contributed by atoms with van der Waals surface area (Å²) in [6.07, 6.45) is 5.93. The number of nitro groups is 1. The number of carbonyl (C=O) groups excluding carboxylic acids is 1. The van der Waals surface area contributed by atoms with E-state index in [4.69, 9.17) is 0 Å². The highest BCUT2D eigenvalue weighted by molar-refractivity contribution is 5.89. The molecule has 9 heteroatoms. The number of para-hydroxylation sites is 1. The first-order valence-corrected chi connectivity index (χ1v) is 11.0. The molecule has 35 heavy (non-hydrogen) atoms. The number of aromatic amines is 1. The fourth-order valence-corrected chi connectivity index (χ4v) is 3.40. The third-order valence-corrected chi connectivity index (χ3v) is 5.17. The molecule has 0 aliphatic heterocycles. The molecular formula is C26H24N6O3. The Morgan fingerprint density at radius 2 is 1.66 bits per heavy atom. The van der Waals surface area contributed by atoms with Crippen molar-refractivity contribution in [3.63, 3.8) is 0 Å². The van der Waals surface area contributed by atoms with E-state index < -0.39 is 17.0 Å². The quantitative estimate of drug-likeness (QED) is 0.181. The summed E-state index contributed by atoms with van der Waals surface area (Å²) in [6, 6.07) is 24.3. The number of H-pyrrole nitrogens is 1. The van der Waals surface area contributed by atoms with Gasteiger partial charge in [0.25, 0.3) is 5.69 Å².